The van der Waals surface area contributed by atoms with E-state index in [-0.39, 0.29) is 5.91 Å². The van der Waals surface area contributed by atoms with Crippen LogP contribution >= 0.6 is 11.6 Å². The molecule has 0 spiro atoms. The van der Waals surface area contributed by atoms with E-state index in [4.69, 9.17) is 11.6 Å². The number of rotatable bonds is 5. The van der Waals surface area contributed by atoms with Gasteiger partial charge in [-0.1, -0.05) is 17.7 Å². The number of benzene rings is 1. The summed E-state index contributed by atoms with van der Waals surface area (Å²) in [5.41, 5.74) is 3.89. The molecule has 0 aliphatic rings. The Morgan fingerprint density at radius 3 is 2.61 bits per heavy atom. The highest BCUT2D eigenvalue weighted by Gasteiger charge is 2.12. The Kier molecular flexibility index (Phi) is 4.83. The third kappa shape index (κ3) is 3.36. The molecule has 1 aromatic carbocycles. The Morgan fingerprint density at radius 1 is 1.11 bits per heavy atom. The van der Waals surface area contributed by atoms with E-state index in [2.05, 4.69) is 20.6 Å². The molecule has 1 N–H and O–H groups in total. The number of nitrogens with zero attached hydrogens (tertiary/aromatic N) is 5. The van der Waals surface area contributed by atoms with E-state index in [9.17, 15) is 4.79 Å². The van der Waals surface area contributed by atoms with Crippen LogP contribution in [0.15, 0.2) is 48.7 Å². The maximum Gasteiger partial charge on any atom is 0.251 e. The van der Waals surface area contributed by atoms with Gasteiger partial charge in [0.25, 0.3) is 5.91 Å². The van der Waals surface area contributed by atoms with Crippen molar-refractivity contribution in [3.63, 3.8) is 0 Å². The monoisotopic (exact) mass is 394 g/mol. The number of hydrogen-bond acceptors (Lipinski definition) is 4. The topological polar surface area (TPSA) is 77.1 Å². The second-order valence-electron chi connectivity index (χ2n) is 6.49. The van der Waals surface area contributed by atoms with E-state index in [0.29, 0.717) is 23.6 Å². The highest BCUT2D eigenvalue weighted by Crippen LogP contribution is 2.22. The molecule has 4 rings (SSSR count). The van der Waals surface area contributed by atoms with E-state index >= 15 is 0 Å². The largest absolute Gasteiger partial charge is 0.352 e. The Balaban J connectivity index is 1.40. The van der Waals surface area contributed by atoms with Crippen molar-refractivity contribution in [3.8, 4) is 5.69 Å². The molecular weight excluding hydrogens is 376 g/mol. The predicted molar refractivity (Wildman–Crippen MR) is 107 cm³/mol. The molecule has 7 nitrogen and oxygen atoms in total. The molecule has 1 amide bonds. The number of pyridine rings is 1. The minimum Gasteiger partial charge on any atom is -0.352 e. The fourth-order valence-corrected chi connectivity index (χ4v) is 3.20. The van der Waals surface area contributed by atoms with Crippen LogP contribution in [0.1, 0.15) is 27.6 Å². The van der Waals surface area contributed by atoms with Crippen molar-refractivity contribution in [2.75, 3.05) is 6.54 Å². The van der Waals surface area contributed by atoms with Crippen molar-refractivity contribution < 1.29 is 4.79 Å². The summed E-state index contributed by atoms with van der Waals surface area (Å²) in [5, 5.41) is 16.3. The van der Waals surface area contributed by atoms with Crippen LogP contribution in [0, 0.1) is 13.8 Å². The molecule has 0 aliphatic carbocycles. The van der Waals surface area contributed by atoms with Crippen molar-refractivity contribution in [1.82, 2.24) is 29.7 Å². The van der Waals surface area contributed by atoms with Gasteiger partial charge in [-0.2, -0.15) is 5.10 Å². The van der Waals surface area contributed by atoms with Gasteiger partial charge in [0.2, 0.25) is 0 Å². The number of aryl methyl sites for hydroxylation is 1. The summed E-state index contributed by atoms with van der Waals surface area (Å²) in [7, 11) is 0. The van der Waals surface area contributed by atoms with E-state index in [1.54, 1.807) is 16.8 Å². The molecule has 4 aromatic rings. The number of nitrogens with one attached hydrogen (secondary N) is 1. The van der Waals surface area contributed by atoms with Gasteiger partial charge < -0.3 is 5.32 Å². The number of carbonyl (C=O) groups is 1. The lowest BCUT2D eigenvalue weighted by molar-refractivity contribution is 0.0954. The van der Waals surface area contributed by atoms with Gasteiger partial charge in [0.1, 0.15) is 5.82 Å². The van der Waals surface area contributed by atoms with Crippen LogP contribution in [-0.4, -0.2) is 36.8 Å². The Hall–Kier alpha value is -3.19. The lowest BCUT2D eigenvalue weighted by atomic mass is 10.2. The smallest absolute Gasteiger partial charge is 0.251 e. The molecular formula is C20H19ClN6O. The summed E-state index contributed by atoms with van der Waals surface area (Å²) in [6.45, 7) is 4.26. The van der Waals surface area contributed by atoms with Crippen LogP contribution in [0.2, 0.25) is 5.02 Å². The van der Waals surface area contributed by atoms with E-state index in [1.165, 1.54) is 0 Å². The maximum absolute atomic E-state index is 12.4. The third-order valence-electron chi connectivity index (χ3n) is 4.60. The molecule has 3 heterocycles. The lowest BCUT2D eigenvalue weighted by Crippen LogP contribution is -2.26. The van der Waals surface area contributed by atoms with Gasteiger partial charge in [-0.25, -0.2) is 4.68 Å². The molecule has 28 heavy (non-hydrogen) atoms. The SMILES string of the molecule is Cc1nn(-c2ccc(C(=O)NCCc3nnc4ccccn34)cc2)c(C)c1Cl. The van der Waals surface area contributed by atoms with Crippen molar-refractivity contribution in [2.45, 2.75) is 20.3 Å². The number of amides is 1. The second kappa shape index (κ2) is 7.44. The summed E-state index contributed by atoms with van der Waals surface area (Å²) >= 11 is 6.21. The van der Waals surface area contributed by atoms with Crippen molar-refractivity contribution in [1.29, 1.82) is 0 Å². The normalized spacial score (nSPS) is 11.1. The third-order valence-corrected chi connectivity index (χ3v) is 5.14. The predicted octanol–water partition coefficient (Wildman–Crippen LogP) is 3.16. The number of halogens is 1. The summed E-state index contributed by atoms with van der Waals surface area (Å²) < 4.78 is 3.69. The molecule has 8 heteroatoms. The first kappa shape index (κ1) is 18.2. The molecule has 0 atom stereocenters. The van der Waals surface area contributed by atoms with Crippen molar-refractivity contribution >= 4 is 23.2 Å². The molecule has 0 saturated carbocycles. The summed E-state index contributed by atoms with van der Waals surface area (Å²) in [5.74, 6) is 0.680. The first-order chi connectivity index (χ1) is 13.5. The number of hydrogen-bond donors (Lipinski definition) is 1. The number of aromatic nitrogens is 5. The highest BCUT2D eigenvalue weighted by molar-refractivity contribution is 6.31. The highest BCUT2D eigenvalue weighted by atomic mass is 35.5. The average Bonchev–Trinajstić information content (AvgIpc) is 3.24. The molecule has 0 radical (unpaired) electrons. The van der Waals surface area contributed by atoms with E-state index in [1.807, 2.05) is 54.8 Å². The Morgan fingerprint density at radius 2 is 1.89 bits per heavy atom. The molecule has 3 aromatic heterocycles. The van der Waals surface area contributed by atoms with Gasteiger partial charge in [-0.3, -0.25) is 9.20 Å². The standard InChI is InChI=1S/C20H19ClN6O/c1-13-19(21)14(2)27(25-13)16-8-6-15(7-9-16)20(28)22-11-10-18-24-23-17-5-3-4-12-26(17)18/h3-9,12H,10-11H2,1-2H3,(H,22,28). The molecule has 0 bridgehead atoms. The van der Waals surface area contributed by atoms with Crippen molar-refractivity contribution in [3.05, 3.63) is 76.5 Å². The summed E-state index contributed by atoms with van der Waals surface area (Å²) in [4.78, 5) is 12.4. The van der Waals surface area contributed by atoms with Crippen LogP contribution in [-0.2, 0) is 6.42 Å². The zero-order chi connectivity index (χ0) is 19.7. The fraction of sp³-hybridized carbons (Fsp3) is 0.200. The minimum absolute atomic E-state index is 0.133. The first-order valence-corrected chi connectivity index (χ1v) is 9.31. The lowest BCUT2D eigenvalue weighted by Gasteiger charge is -2.07. The van der Waals surface area contributed by atoms with E-state index in [0.717, 1.165) is 28.5 Å². The summed E-state index contributed by atoms with van der Waals surface area (Å²) in [6.07, 6.45) is 2.51. The molecule has 0 fully saturated rings. The number of carbonyl (C=O) groups excluding carboxylic acids is 1. The molecule has 0 saturated heterocycles. The van der Waals surface area contributed by atoms with Crippen LogP contribution in [0.25, 0.3) is 11.3 Å². The summed E-state index contributed by atoms with van der Waals surface area (Å²) in [6, 6.07) is 13.0. The minimum atomic E-state index is -0.133. The first-order valence-electron chi connectivity index (χ1n) is 8.93. The maximum atomic E-state index is 12.4. The zero-order valence-corrected chi connectivity index (χ0v) is 16.3. The fourth-order valence-electron chi connectivity index (χ4n) is 3.08. The van der Waals surface area contributed by atoms with Gasteiger partial charge in [0, 0.05) is 24.7 Å². The average molecular weight is 395 g/mol. The van der Waals surface area contributed by atoms with Gasteiger partial charge in [0.05, 0.1) is 22.1 Å². The van der Waals surface area contributed by atoms with Crippen LogP contribution < -0.4 is 5.32 Å². The van der Waals surface area contributed by atoms with Crippen LogP contribution in [0.5, 0.6) is 0 Å². The van der Waals surface area contributed by atoms with Gasteiger partial charge in [-0.05, 0) is 50.2 Å². The van der Waals surface area contributed by atoms with E-state index < -0.39 is 0 Å². The van der Waals surface area contributed by atoms with Crippen molar-refractivity contribution in [2.24, 2.45) is 0 Å². The molecule has 0 aliphatic heterocycles. The second-order valence-corrected chi connectivity index (χ2v) is 6.87. The molecule has 142 valence electrons. The zero-order valence-electron chi connectivity index (χ0n) is 15.6. The Labute approximate surface area is 167 Å². The van der Waals surface area contributed by atoms with Crippen LogP contribution in [0.4, 0.5) is 0 Å². The Bertz CT molecular complexity index is 1150. The quantitative estimate of drug-likeness (QED) is 0.564. The van der Waals surface area contributed by atoms with Gasteiger partial charge in [-0.15, -0.1) is 10.2 Å². The van der Waals surface area contributed by atoms with Gasteiger partial charge in [0.15, 0.2) is 5.65 Å². The number of fused-ring (bicyclic) bond motifs is 1. The van der Waals surface area contributed by atoms with Gasteiger partial charge >= 0.3 is 0 Å². The molecule has 0 unspecified atom stereocenters. The van der Waals surface area contributed by atoms with Crippen LogP contribution in [0.3, 0.4) is 0 Å².